The van der Waals surface area contributed by atoms with Crippen molar-refractivity contribution in [2.24, 2.45) is 0 Å². The molecule has 0 aliphatic carbocycles. The Hall–Kier alpha value is -2.76. The Morgan fingerprint density at radius 1 is 1.27 bits per heavy atom. The van der Waals surface area contributed by atoms with Crippen LogP contribution in [0, 0.1) is 5.82 Å². The zero-order chi connectivity index (χ0) is 15.8. The molecule has 0 bridgehead atoms. The standard InChI is InChI=1S/C16H16FN3O2/c1-12(13-3-5-14(17)6-4-13)11-15(21)22-10-9-20-16-18-7-2-8-19-16/h2-8,11H,9-10H2,1H3,(H,18,19,20). The second kappa shape index (κ2) is 7.87. The van der Waals surface area contributed by atoms with Crippen LogP contribution in [0.2, 0.25) is 0 Å². The van der Waals surface area contributed by atoms with Gasteiger partial charge in [0.2, 0.25) is 5.95 Å². The van der Waals surface area contributed by atoms with Crippen molar-refractivity contribution in [1.82, 2.24) is 9.97 Å². The third-order valence-corrected chi connectivity index (χ3v) is 2.83. The Labute approximate surface area is 127 Å². The lowest BCUT2D eigenvalue weighted by atomic mass is 10.1. The van der Waals surface area contributed by atoms with Gasteiger partial charge in [0.15, 0.2) is 0 Å². The van der Waals surface area contributed by atoms with E-state index >= 15 is 0 Å². The first-order chi connectivity index (χ1) is 10.6. The molecule has 0 atom stereocenters. The number of rotatable bonds is 6. The molecule has 114 valence electrons. The Morgan fingerprint density at radius 2 is 1.95 bits per heavy atom. The van der Waals surface area contributed by atoms with Crippen molar-refractivity contribution in [3.05, 3.63) is 60.2 Å². The smallest absolute Gasteiger partial charge is 0.331 e. The van der Waals surface area contributed by atoms with Crippen molar-refractivity contribution >= 4 is 17.5 Å². The van der Waals surface area contributed by atoms with Gasteiger partial charge < -0.3 is 10.1 Å². The molecular formula is C16H16FN3O2. The van der Waals surface area contributed by atoms with Crippen LogP contribution in [0.5, 0.6) is 0 Å². The van der Waals surface area contributed by atoms with Crippen LogP contribution in [-0.4, -0.2) is 29.1 Å². The molecule has 0 aliphatic heterocycles. The second-order valence-corrected chi connectivity index (χ2v) is 4.50. The van der Waals surface area contributed by atoms with Crippen molar-refractivity contribution in [2.45, 2.75) is 6.92 Å². The van der Waals surface area contributed by atoms with Gasteiger partial charge in [-0.1, -0.05) is 12.1 Å². The number of benzene rings is 1. The maximum Gasteiger partial charge on any atom is 0.331 e. The number of hydrogen-bond acceptors (Lipinski definition) is 5. The molecule has 0 radical (unpaired) electrons. The number of halogens is 1. The summed E-state index contributed by atoms with van der Waals surface area (Å²) in [4.78, 5) is 19.6. The van der Waals surface area contributed by atoms with Crippen LogP contribution >= 0.6 is 0 Å². The average Bonchev–Trinajstić information content (AvgIpc) is 2.53. The Kier molecular flexibility index (Phi) is 5.59. The van der Waals surface area contributed by atoms with E-state index in [1.807, 2.05) is 0 Å². The molecule has 0 amide bonds. The van der Waals surface area contributed by atoms with E-state index < -0.39 is 5.97 Å². The van der Waals surface area contributed by atoms with Crippen molar-refractivity contribution in [3.8, 4) is 0 Å². The largest absolute Gasteiger partial charge is 0.461 e. The second-order valence-electron chi connectivity index (χ2n) is 4.50. The summed E-state index contributed by atoms with van der Waals surface area (Å²) >= 11 is 0. The maximum absolute atomic E-state index is 12.8. The van der Waals surface area contributed by atoms with Crippen LogP contribution < -0.4 is 5.32 Å². The molecule has 1 aromatic heterocycles. The van der Waals surface area contributed by atoms with Gasteiger partial charge in [-0.3, -0.25) is 0 Å². The zero-order valence-corrected chi connectivity index (χ0v) is 12.1. The lowest BCUT2D eigenvalue weighted by Gasteiger charge is -2.05. The molecule has 0 unspecified atom stereocenters. The third kappa shape index (κ3) is 4.97. The van der Waals surface area contributed by atoms with Gasteiger partial charge in [0.1, 0.15) is 12.4 Å². The van der Waals surface area contributed by atoms with Crippen LogP contribution in [0.3, 0.4) is 0 Å². The van der Waals surface area contributed by atoms with Crippen LogP contribution in [-0.2, 0) is 9.53 Å². The van der Waals surface area contributed by atoms with Gasteiger partial charge in [0, 0.05) is 18.5 Å². The molecule has 22 heavy (non-hydrogen) atoms. The summed E-state index contributed by atoms with van der Waals surface area (Å²) in [5.41, 5.74) is 1.48. The number of anilines is 1. The van der Waals surface area contributed by atoms with Crippen molar-refractivity contribution in [1.29, 1.82) is 0 Å². The summed E-state index contributed by atoms with van der Waals surface area (Å²) in [5.74, 6) is -0.275. The monoisotopic (exact) mass is 301 g/mol. The number of aromatic nitrogens is 2. The Morgan fingerprint density at radius 3 is 2.64 bits per heavy atom. The summed E-state index contributed by atoms with van der Waals surface area (Å²) in [7, 11) is 0. The van der Waals surface area contributed by atoms with Crippen molar-refractivity contribution in [2.75, 3.05) is 18.5 Å². The van der Waals surface area contributed by atoms with Gasteiger partial charge in [0.05, 0.1) is 6.54 Å². The van der Waals surface area contributed by atoms with Crippen molar-refractivity contribution in [3.63, 3.8) is 0 Å². The topological polar surface area (TPSA) is 64.1 Å². The zero-order valence-electron chi connectivity index (χ0n) is 12.1. The molecule has 5 nitrogen and oxygen atoms in total. The predicted octanol–water partition coefficient (Wildman–Crippen LogP) is 2.67. The molecule has 2 aromatic rings. The quantitative estimate of drug-likeness (QED) is 0.505. The molecule has 1 heterocycles. The molecular weight excluding hydrogens is 285 g/mol. The number of hydrogen-bond donors (Lipinski definition) is 1. The fourth-order valence-corrected chi connectivity index (χ4v) is 1.72. The molecule has 2 rings (SSSR count). The highest BCUT2D eigenvalue weighted by molar-refractivity contribution is 5.90. The first-order valence-electron chi connectivity index (χ1n) is 6.77. The highest BCUT2D eigenvalue weighted by Crippen LogP contribution is 2.14. The average molecular weight is 301 g/mol. The highest BCUT2D eigenvalue weighted by Gasteiger charge is 2.02. The number of nitrogens with zero attached hydrogens (tertiary/aromatic N) is 2. The van der Waals surface area contributed by atoms with E-state index in [9.17, 15) is 9.18 Å². The van der Waals surface area contributed by atoms with E-state index in [1.165, 1.54) is 18.2 Å². The minimum atomic E-state index is -0.447. The van der Waals surface area contributed by atoms with Gasteiger partial charge in [-0.2, -0.15) is 0 Å². The maximum atomic E-state index is 12.8. The Bertz CT molecular complexity index is 642. The number of ether oxygens (including phenoxy) is 1. The minimum Gasteiger partial charge on any atom is -0.461 e. The lowest BCUT2D eigenvalue weighted by Crippen LogP contribution is -2.13. The fourth-order valence-electron chi connectivity index (χ4n) is 1.72. The van der Waals surface area contributed by atoms with E-state index in [1.54, 1.807) is 37.5 Å². The summed E-state index contributed by atoms with van der Waals surface area (Å²) in [6, 6.07) is 7.64. The van der Waals surface area contributed by atoms with Gasteiger partial charge in [-0.05, 0) is 36.3 Å². The molecule has 0 saturated carbocycles. The predicted molar refractivity (Wildman–Crippen MR) is 81.5 cm³/mol. The number of allylic oxidation sites excluding steroid dienone is 1. The number of carbonyl (C=O) groups is 1. The minimum absolute atomic E-state index is 0.199. The van der Waals surface area contributed by atoms with Crippen LogP contribution in [0.15, 0.2) is 48.8 Å². The fraction of sp³-hybridized carbons (Fsp3) is 0.188. The van der Waals surface area contributed by atoms with Gasteiger partial charge in [0.25, 0.3) is 0 Å². The molecule has 0 spiro atoms. The van der Waals surface area contributed by atoms with Crippen LogP contribution in [0.25, 0.3) is 5.57 Å². The molecule has 1 aromatic carbocycles. The summed E-state index contributed by atoms with van der Waals surface area (Å²) in [6.45, 7) is 2.38. The SMILES string of the molecule is CC(=CC(=O)OCCNc1ncccn1)c1ccc(F)cc1. The first kappa shape index (κ1) is 15.6. The Balaban J connectivity index is 1.77. The summed E-state index contributed by atoms with van der Waals surface area (Å²) in [6.07, 6.45) is 4.62. The van der Waals surface area contributed by atoms with E-state index in [2.05, 4.69) is 15.3 Å². The van der Waals surface area contributed by atoms with Crippen LogP contribution in [0.1, 0.15) is 12.5 Å². The molecule has 0 fully saturated rings. The van der Waals surface area contributed by atoms with Crippen molar-refractivity contribution < 1.29 is 13.9 Å². The van der Waals surface area contributed by atoms with E-state index in [-0.39, 0.29) is 12.4 Å². The molecule has 0 saturated heterocycles. The first-order valence-corrected chi connectivity index (χ1v) is 6.77. The summed E-state index contributed by atoms with van der Waals surface area (Å²) < 4.78 is 17.9. The summed E-state index contributed by atoms with van der Waals surface area (Å²) in [5, 5.41) is 2.93. The normalized spacial score (nSPS) is 11.1. The van der Waals surface area contributed by atoms with Gasteiger partial charge in [-0.25, -0.2) is 19.2 Å². The van der Waals surface area contributed by atoms with Gasteiger partial charge >= 0.3 is 5.97 Å². The van der Waals surface area contributed by atoms with Gasteiger partial charge in [-0.15, -0.1) is 0 Å². The van der Waals surface area contributed by atoms with E-state index in [0.717, 1.165) is 5.56 Å². The molecule has 1 N–H and O–H groups in total. The molecule has 0 aliphatic rings. The third-order valence-electron chi connectivity index (χ3n) is 2.83. The van der Waals surface area contributed by atoms with E-state index in [4.69, 9.17) is 4.74 Å². The van der Waals surface area contributed by atoms with E-state index in [0.29, 0.717) is 18.1 Å². The number of carbonyl (C=O) groups excluding carboxylic acids is 1. The highest BCUT2D eigenvalue weighted by atomic mass is 19.1. The van der Waals surface area contributed by atoms with Crippen LogP contribution in [0.4, 0.5) is 10.3 Å². The number of nitrogens with one attached hydrogen (secondary N) is 1. The molecule has 6 heteroatoms. The number of esters is 1. The lowest BCUT2D eigenvalue weighted by molar-refractivity contribution is -0.137.